The van der Waals surface area contributed by atoms with Crippen molar-refractivity contribution in [2.24, 2.45) is 17.3 Å². The molecule has 5 atom stereocenters. The molecule has 4 aliphatic carbocycles. The maximum atomic E-state index is 2.71. The van der Waals surface area contributed by atoms with Gasteiger partial charge < -0.3 is 9.80 Å². The van der Waals surface area contributed by atoms with Gasteiger partial charge in [-0.2, -0.15) is 0 Å². The lowest BCUT2D eigenvalue weighted by Crippen LogP contribution is -2.47. The zero-order valence-corrected chi connectivity index (χ0v) is 56.6. The molecule has 0 amide bonds. The van der Waals surface area contributed by atoms with E-state index in [9.17, 15) is 0 Å². The number of unbranched alkanes of at least 4 members (excludes halogenated alkanes) is 2. The van der Waals surface area contributed by atoms with Gasteiger partial charge in [0.05, 0.1) is 11.4 Å². The molecule has 8 aromatic rings. The van der Waals surface area contributed by atoms with Crippen molar-refractivity contribution in [3.8, 4) is 22.3 Å². The van der Waals surface area contributed by atoms with Crippen LogP contribution in [0, 0.1) is 58.8 Å². The van der Waals surface area contributed by atoms with Gasteiger partial charge in [-0.25, -0.2) is 0 Å². The molecule has 0 saturated heterocycles. The molecule has 2 heteroatoms. The molecule has 454 valence electrons. The molecular weight excluding hydrogens is 1050 g/mol. The second-order valence-electron chi connectivity index (χ2n) is 30.8. The summed E-state index contributed by atoms with van der Waals surface area (Å²) in [5.74, 6) is 1.39. The monoisotopic (exact) mass is 1150 g/mol. The summed E-state index contributed by atoms with van der Waals surface area (Å²) < 4.78 is 0. The van der Waals surface area contributed by atoms with Gasteiger partial charge in [-0.1, -0.05) is 211 Å². The minimum atomic E-state index is 0.0381. The lowest BCUT2D eigenvalue weighted by Gasteiger charge is -2.52. The Kier molecular flexibility index (Phi) is 16.2. The van der Waals surface area contributed by atoms with Gasteiger partial charge in [-0.15, -0.1) is 0 Å². The van der Waals surface area contributed by atoms with Gasteiger partial charge in [-0.05, 0) is 264 Å². The normalized spacial score (nSPS) is 20.0. The molecule has 4 aliphatic rings. The van der Waals surface area contributed by atoms with Crippen LogP contribution in [0.15, 0.2) is 133 Å². The van der Waals surface area contributed by atoms with Crippen molar-refractivity contribution in [2.75, 3.05) is 9.80 Å². The molecule has 0 heterocycles. The van der Waals surface area contributed by atoms with Crippen LogP contribution >= 0.6 is 0 Å². The standard InChI is InChI=1S/C85H104N2/c1-17-21-23-61(19-3)47-65-41-56(6)42-75-66(48-62(20-4)24-22-18-2)49-64(50-76(65)75)63-27-31-70(32-28-63)87(80-59(9)45-68(46-60(80)10)82(14,15)16)72-34-36-74-73-35-33-71(51-77(73)84-39-37-83(53-84)38-40-85(84,54-83)78(74)52-72)86(69-29-25-55(5)26-30-69)79-57(7)43-67(44-58(79)8)81(11,12)13/h25-36,41-46,49-52,61-62H,17-24,37-40,47-48,53-54H2,1-16H3/t61?,62?,83?,84-,85-/m0/s1. The van der Waals surface area contributed by atoms with Crippen LogP contribution in [0.1, 0.15) is 226 Å². The zero-order chi connectivity index (χ0) is 61.5. The van der Waals surface area contributed by atoms with Crippen LogP contribution < -0.4 is 9.80 Å². The quantitative estimate of drug-likeness (QED) is 0.0796. The average Bonchev–Trinajstić information content (AvgIpc) is 1.49. The van der Waals surface area contributed by atoms with Crippen LogP contribution in [-0.4, -0.2) is 0 Å². The minimum absolute atomic E-state index is 0.0381. The summed E-state index contributed by atoms with van der Waals surface area (Å²) in [6.07, 6.45) is 20.3. The Hall–Kier alpha value is -6.38. The molecule has 0 N–H and O–H groups in total. The molecule has 3 fully saturated rings. The Labute approximate surface area is 526 Å². The molecular formula is C85H104N2. The number of aryl methyl sites for hydroxylation is 6. The lowest BCUT2D eigenvalue weighted by atomic mass is 9.51. The molecule has 8 aromatic carbocycles. The van der Waals surface area contributed by atoms with Gasteiger partial charge in [0.1, 0.15) is 0 Å². The smallest absolute Gasteiger partial charge is 0.0520 e. The second kappa shape index (κ2) is 23.2. The number of rotatable bonds is 19. The second-order valence-corrected chi connectivity index (χ2v) is 30.8. The Morgan fingerprint density at radius 2 is 0.828 bits per heavy atom. The molecule has 12 rings (SSSR count). The van der Waals surface area contributed by atoms with Crippen molar-refractivity contribution in [1.82, 2.24) is 0 Å². The molecule has 3 saturated carbocycles. The van der Waals surface area contributed by atoms with E-state index in [0.717, 1.165) is 12.8 Å². The zero-order valence-electron chi connectivity index (χ0n) is 56.6. The van der Waals surface area contributed by atoms with Crippen molar-refractivity contribution in [3.63, 3.8) is 0 Å². The van der Waals surface area contributed by atoms with Crippen molar-refractivity contribution in [1.29, 1.82) is 0 Å². The molecule has 3 spiro atoms. The number of anilines is 6. The Morgan fingerprint density at radius 1 is 0.414 bits per heavy atom. The van der Waals surface area contributed by atoms with Crippen LogP contribution in [0.5, 0.6) is 0 Å². The van der Waals surface area contributed by atoms with Gasteiger partial charge in [0.25, 0.3) is 0 Å². The molecule has 0 aliphatic heterocycles. The highest BCUT2D eigenvalue weighted by Gasteiger charge is 2.73. The Morgan fingerprint density at radius 3 is 1.25 bits per heavy atom. The maximum absolute atomic E-state index is 2.71. The SMILES string of the molecule is CCCCC(CC)Cc1cc(-c2ccc(N(c3ccc4c(c3)[C@@]35CCC6(CC[C@]3(C6)c3cc(N(c6ccc(C)cc6)c6c(C)cc(C(C)(C)C)cc6C)ccc3-4)C5)c3c(C)cc(C(C)(C)C)cc3C)cc2)cc2c(CC(CC)CCCC)cc(C)cc12. The first kappa shape index (κ1) is 60.9. The molecule has 87 heavy (non-hydrogen) atoms. The van der Waals surface area contributed by atoms with Crippen molar-refractivity contribution in [2.45, 2.75) is 235 Å². The van der Waals surface area contributed by atoms with Crippen molar-refractivity contribution >= 4 is 44.9 Å². The summed E-state index contributed by atoms with van der Waals surface area (Å²) >= 11 is 0. The van der Waals surface area contributed by atoms with Crippen LogP contribution in [0.4, 0.5) is 34.1 Å². The van der Waals surface area contributed by atoms with Gasteiger partial charge in [-0.3, -0.25) is 0 Å². The summed E-state index contributed by atoms with van der Waals surface area (Å²) in [6, 6.07) is 54.6. The summed E-state index contributed by atoms with van der Waals surface area (Å²) in [6.45, 7) is 37.6. The third kappa shape index (κ3) is 10.8. The van der Waals surface area contributed by atoms with E-state index in [4.69, 9.17) is 0 Å². The number of hydrogen-bond acceptors (Lipinski definition) is 2. The van der Waals surface area contributed by atoms with Crippen LogP contribution in [0.3, 0.4) is 0 Å². The highest BCUT2D eigenvalue weighted by Crippen LogP contribution is 2.81. The summed E-state index contributed by atoms with van der Waals surface area (Å²) in [7, 11) is 0. The molecule has 3 bridgehead atoms. The number of benzene rings is 8. The van der Waals surface area contributed by atoms with E-state index in [2.05, 4.69) is 254 Å². The first-order chi connectivity index (χ1) is 41.5. The van der Waals surface area contributed by atoms with Crippen molar-refractivity contribution in [3.05, 3.63) is 200 Å². The summed E-state index contributed by atoms with van der Waals surface area (Å²) in [5.41, 5.74) is 30.9. The molecule has 2 nitrogen and oxygen atoms in total. The predicted octanol–water partition coefficient (Wildman–Crippen LogP) is 24.9. The van der Waals surface area contributed by atoms with Crippen LogP contribution in [0.2, 0.25) is 0 Å². The fourth-order valence-corrected chi connectivity index (χ4v) is 17.9. The van der Waals surface area contributed by atoms with Gasteiger partial charge in [0.2, 0.25) is 0 Å². The number of hydrogen-bond donors (Lipinski definition) is 0. The van der Waals surface area contributed by atoms with E-state index in [1.54, 1.807) is 16.7 Å². The number of nitrogens with zero attached hydrogens (tertiary/aromatic N) is 2. The van der Waals surface area contributed by atoms with E-state index >= 15 is 0 Å². The van der Waals surface area contributed by atoms with Gasteiger partial charge >= 0.3 is 0 Å². The van der Waals surface area contributed by atoms with Crippen LogP contribution in [0.25, 0.3) is 33.0 Å². The van der Waals surface area contributed by atoms with Gasteiger partial charge in [0, 0.05) is 33.6 Å². The first-order valence-corrected chi connectivity index (χ1v) is 34.4. The molecule has 0 aromatic heterocycles. The fourth-order valence-electron chi connectivity index (χ4n) is 17.9. The first-order valence-electron chi connectivity index (χ1n) is 34.4. The fraction of sp³-hybridized carbons (Fsp3) is 0.459. The largest absolute Gasteiger partial charge is 0.310 e. The number of fused-ring (bicyclic) bond motifs is 4. The van der Waals surface area contributed by atoms with Gasteiger partial charge in [0.15, 0.2) is 0 Å². The van der Waals surface area contributed by atoms with Crippen molar-refractivity contribution < 1.29 is 0 Å². The average molecular weight is 1150 g/mol. The summed E-state index contributed by atoms with van der Waals surface area (Å²) in [5, 5.41) is 2.96. The Bertz CT molecular complexity index is 3830. The highest BCUT2D eigenvalue weighted by atomic mass is 15.2. The topological polar surface area (TPSA) is 6.48 Å². The van der Waals surface area contributed by atoms with E-state index in [1.165, 1.54) is 207 Å². The lowest BCUT2D eigenvalue weighted by molar-refractivity contribution is 0.231. The van der Waals surface area contributed by atoms with E-state index in [0.29, 0.717) is 17.3 Å². The van der Waals surface area contributed by atoms with Crippen LogP contribution in [-0.2, 0) is 34.5 Å². The van der Waals surface area contributed by atoms with E-state index < -0.39 is 0 Å². The van der Waals surface area contributed by atoms with E-state index in [1.807, 2.05) is 0 Å². The Balaban J connectivity index is 1.01. The highest BCUT2D eigenvalue weighted by molar-refractivity contribution is 5.95. The molecule has 0 radical (unpaired) electrons. The third-order valence-corrected chi connectivity index (χ3v) is 22.7. The van der Waals surface area contributed by atoms with E-state index in [-0.39, 0.29) is 21.7 Å². The predicted molar refractivity (Wildman–Crippen MR) is 378 cm³/mol. The summed E-state index contributed by atoms with van der Waals surface area (Å²) in [4.78, 5) is 5.25. The molecule has 3 unspecified atom stereocenters. The minimum Gasteiger partial charge on any atom is -0.310 e. The third-order valence-electron chi connectivity index (χ3n) is 22.7. The maximum Gasteiger partial charge on any atom is 0.0520 e.